The number of imidazole rings is 1. The van der Waals surface area contributed by atoms with Gasteiger partial charge in [0, 0.05) is 36.9 Å². The van der Waals surface area contributed by atoms with Crippen molar-refractivity contribution in [2.75, 3.05) is 6.54 Å². The van der Waals surface area contributed by atoms with Crippen molar-refractivity contribution in [2.24, 2.45) is 16.6 Å². The van der Waals surface area contributed by atoms with Crippen LogP contribution in [0.5, 0.6) is 0 Å². The van der Waals surface area contributed by atoms with Gasteiger partial charge in [-0.2, -0.15) is 18.3 Å². The molecule has 7 nitrogen and oxygen atoms in total. The number of aromatic nitrogens is 3. The Bertz CT molecular complexity index is 1180. The first-order chi connectivity index (χ1) is 18.2. The Morgan fingerprint density at radius 2 is 1.95 bits per heavy atom. The van der Waals surface area contributed by atoms with E-state index in [1.165, 1.54) is 16.8 Å². The summed E-state index contributed by atoms with van der Waals surface area (Å²) in [5.41, 5.74) is 6.73. The van der Waals surface area contributed by atoms with Crippen LogP contribution in [0.3, 0.4) is 0 Å². The van der Waals surface area contributed by atoms with Gasteiger partial charge in [-0.05, 0) is 56.5 Å². The summed E-state index contributed by atoms with van der Waals surface area (Å²) < 4.78 is 93.4. The van der Waals surface area contributed by atoms with Gasteiger partial charge in [-0.3, -0.25) is 9.79 Å². The third-order valence-electron chi connectivity index (χ3n) is 6.50. The number of rotatable bonds is 10. The van der Waals surface area contributed by atoms with E-state index in [1.807, 2.05) is 13.8 Å². The predicted molar refractivity (Wildman–Crippen MR) is 131 cm³/mol. The first kappa shape index (κ1) is 30.4. The Morgan fingerprint density at radius 3 is 2.51 bits per heavy atom. The van der Waals surface area contributed by atoms with Gasteiger partial charge in [0.25, 0.3) is 0 Å². The van der Waals surface area contributed by atoms with Gasteiger partial charge >= 0.3 is 6.18 Å². The van der Waals surface area contributed by atoms with E-state index in [-0.39, 0.29) is 48.9 Å². The number of nitrogens with one attached hydrogen (secondary N) is 1. The number of halogens is 7. The number of alkyl halides is 7. The van der Waals surface area contributed by atoms with Crippen LogP contribution in [0, 0.1) is 5.92 Å². The van der Waals surface area contributed by atoms with Gasteiger partial charge in [0.05, 0.1) is 24.0 Å². The van der Waals surface area contributed by atoms with Crippen molar-refractivity contribution in [3.63, 3.8) is 0 Å². The number of amides is 1. The Labute approximate surface area is 220 Å². The van der Waals surface area contributed by atoms with Gasteiger partial charge < -0.3 is 11.1 Å². The summed E-state index contributed by atoms with van der Waals surface area (Å²) in [6, 6.07) is 1.16. The molecule has 0 radical (unpaired) electrons. The molecule has 0 spiro atoms. The quantitative estimate of drug-likeness (QED) is 0.299. The van der Waals surface area contributed by atoms with Gasteiger partial charge in [-0.1, -0.05) is 0 Å². The van der Waals surface area contributed by atoms with Crippen LogP contribution in [0.25, 0.3) is 5.65 Å². The van der Waals surface area contributed by atoms with Crippen LogP contribution in [-0.2, 0) is 4.79 Å². The van der Waals surface area contributed by atoms with Gasteiger partial charge in [-0.15, -0.1) is 0 Å². The van der Waals surface area contributed by atoms with E-state index in [1.54, 1.807) is 17.6 Å². The minimum atomic E-state index is -4.71. The van der Waals surface area contributed by atoms with Crippen LogP contribution in [0.15, 0.2) is 35.7 Å². The third kappa shape index (κ3) is 8.40. The fourth-order valence-corrected chi connectivity index (χ4v) is 4.79. The fourth-order valence-electron chi connectivity index (χ4n) is 4.79. The van der Waals surface area contributed by atoms with Crippen LogP contribution in [0.2, 0.25) is 0 Å². The molecule has 2 aromatic rings. The predicted octanol–water partition coefficient (Wildman–Crippen LogP) is 5.38. The lowest BCUT2D eigenvalue weighted by Gasteiger charge is -2.33. The molecule has 216 valence electrons. The Kier molecular flexibility index (Phi) is 9.60. The van der Waals surface area contributed by atoms with E-state index in [4.69, 9.17) is 5.73 Å². The fraction of sp³-hybridized carbons (Fsp3) is 0.600. The third-order valence-corrected chi connectivity index (χ3v) is 6.50. The Balaban J connectivity index is 2.01. The highest BCUT2D eigenvalue weighted by atomic mass is 19.4. The molecule has 2 heterocycles. The summed E-state index contributed by atoms with van der Waals surface area (Å²) in [5, 5.41) is 5.79. The molecule has 3 rings (SSSR count). The normalized spacial score (nSPS) is 18.8. The Hall–Kier alpha value is -3.19. The number of carbonyl (C=O) groups is 1. The molecule has 0 aliphatic heterocycles. The molecule has 1 fully saturated rings. The van der Waals surface area contributed by atoms with E-state index in [0.29, 0.717) is 11.4 Å². The maximum absolute atomic E-state index is 13.9. The van der Waals surface area contributed by atoms with Crippen LogP contribution in [-0.4, -0.2) is 57.3 Å². The van der Waals surface area contributed by atoms with Crippen molar-refractivity contribution < 1.29 is 35.5 Å². The number of nitrogens with zero attached hydrogens (tertiary/aromatic N) is 4. The van der Waals surface area contributed by atoms with Crippen LogP contribution >= 0.6 is 0 Å². The number of carbonyl (C=O) groups excluding carboxylic acids is 1. The monoisotopic (exact) mass is 564 g/mol. The van der Waals surface area contributed by atoms with Crippen molar-refractivity contribution in [2.45, 2.75) is 82.4 Å². The smallest absolute Gasteiger partial charge is 0.405 e. The van der Waals surface area contributed by atoms with E-state index < -0.39 is 49.2 Å². The summed E-state index contributed by atoms with van der Waals surface area (Å²) >= 11 is 0. The lowest BCUT2D eigenvalue weighted by atomic mass is 9.75. The molecule has 1 aliphatic rings. The molecule has 0 saturated heterocycles. The topological polar surface area (TPSA) is 97.7 Å². The molecule has 1 saturated carbocycles. The molecule has 1 aliphatic carbocycles. The van der Waals surface area contributed by atoms with E-state index in [9.17, 15) is 35.5 Å². The number of nitrogens with two attached hydrogens (primary N) is 1. The highest BCUT2D eigenvalue weighted by Crippen LogP contribution is 2.43. The molecule has 2 atom stereocenters. The van der Waals surface area contributed by atoms with Gasteiger partial charge in [0.15, 0.2) is 5.65 Å². The van der Waals surface area contributed by atoms with Gasteiger partial charge in [-0.25, -0.2) is 27.1 Å². The summed E-state index contributed by atoms with van der Waals surface area (Å²) in [6.45, 7) is 2.03. The van der Waals surface area contributed by atoms with Crippen molar-refractivity contribution in [3.8, 4) is 0 Å². The van der Waals surface area contributed by atoms with E-state index in [0.717, 1.165) is 6.20 Å². The molecule has 14 heteroatoms. The summed E-state index contributed by atoms with van der Waals surface area (Å²) in [5.74, 6) is -6.35. The lowest BCUT2D eigenvalue weighted by molar-refractivity contribution is -0.139. The second-order valence-corrected chi connectivity index (χ2v) is 9.95. The highest BCUT2D eigenvalue weighted by Gasteiger charge is 2.40. The molecule has 1 amide bonds. The van der Waals surface area contributed by atoms with Crippen molar-refractivity contribution in [1.29, 1.82) is 0 Å². The lowest BCUT2D eigenvalue weighted by Crippen LogP contribution is -2.37. The van der Waals surface area contributed by atoms with Crippen molar-refractivity contribution >= 4 is 17.3 Å². The average molecular weight is 565 g/mol. The van der Waals surface area contributed by atoms with Gasteiger partial charge in [0.2, 0.25) is 18.3 Å². The molecule has 0 bridgehead atoms. The first-order valence-electron chi connectivity index (χ1n) is 12.5. The van der Waals surface area contributed by atoms with Crippen LogP contribution < -0.4 is 11.1 Å². The molecule has 39 heavy (non-hydrogen) atoms. The number of aliphatic imine (C=N–C) groups is 1. The molecule has 3 N–H and O–H groups in total. The van der Waals surface area contributed by atoms with Crippen LogP contribution in [0.1, 0.15) is 69.0 Å². The Morgan fingerprint density at radius 1 is 1.28 bits per heavy atom. The molecular weight excluding hydrogens is 533 g/mol. The maximum Gasteiger partial charge on any atom is 0.405 e. The average Bonchev–Trinajstić information content (AvgIpc) is 3.24. The van der Waals surface area contributed by atoms with Crippen LogP contribution in [0.4, 0.5) is 30.7 Å². The van der Waals surface area contributed by atoms with Crippen molar-refractivity contribution in [3.05, 3.63) is 42.0 Å². The number of fused-ring (bicyclic) bond motifs is 1. The second-order valence-electron chi connectivity index (χ2n) is 9.95. The first-order valence-corrected chi connectivity index (χ1v) is 12.5. The SMILES string of the molecule is CC(C)N=C(C=CN)C(c1cn2ncc(C(CC(F)F)C(=O)NCC(F)(F)F)cc2n1)C1CCC(F)(F)CC1. The highest BCUT2D eigenvalue weighted by molar-refractivity contribution is 6.00. The van der Waals surface area contributed by atoms with E-state index >= 15 is 0 Å². The zero-order chi connectivity index (χ0) is 29.0. The maximum atomic E-state index is 13.9. The molecule has 2 unspecified atom stereocenters. The molecule has 0 aromatic carbocycles. The second kappa shape index (κ2) is 12.3. The number of hydrogen-bond acceptors (Lipinski definition) is 5. The zero-order valence-corrected chi connectivity index (χ0v) is 21.4. The van der Waals surface area contributed by atoms with E-state index in [2.05, 4.69) is 15.1 Å². The molecule has 2 aromatic heterocycles. The standard InChI is InChI=1S/C25H31F7N6O/c1-14(2)36-18(5-8-33)22(15-3-6-24(28,29)7-4-15)19-12-38-21(37-19)9-16(11-35-38)17(10-20(26)27)23(39)34-13-25(30,31)32/h5,8-9,11-12,14-15,17,20,22H,3-4,6-7,10,13,33H2,1-2H3,(H,34,39). The number of allylic oxidation sites excluding steroid dienone is 1. The minimum Gasteiger partial charge on any atom is -0.405 e. The summed E-state index contributed by atoms with van der Waals surface area (Å²) in [6.07, 6.45) is -3.32. The van der Waals surface area contributed by atoms with Gasteiger partial charge in [0.1, 0.15) is 6.54 Å². The summed E-state index contributed by atoms with van der Waals surface area (Å²) in [7, 11) is 0. The number of hydrogen-bond donors (Lipinski definition) is 2. The summed E-state index contributed by atoms with van der Waals surface area (Å²) in [4.78, 5) is 21.6. The minimum absolute atomic E-state index is 0.0357. The largest absolute Gasteiger partial charge is 0.405 e. The van der Waals surface area contributed by atoms with Crippen molar-refractivity contribution in [1.82, 2.24) is 19.9 Å². The zero-order valence-electron chi connectivity index (χ0n) is 21.4. The molecular formula is C25H31F7N6O.